The van der Waals surface area contributed by atoms with Gasteiger partial charge in [0.05, 0.1) is 15.5 Å². The SMILES string of the molecule is O=C(CCNc1ccccc1[N+](=O)[O-])Nc1cc([N+](=O)[O-])ccc1F. The zero-order chi connectivity index (χ0) is 18.4. The molecule has 130 valence electrons. The van der Waals surface area contributed by atoms with E-state index in [1.54, 1.807) is 6.07 Å². The van der Waals surface area contributed by atoms with Crippen LogP contribution in [0.5, 0.6) is 0 Å². The molecule has 25 heavy (non-hydrogen) atoms. The number of rotatable bonds is 7. The first-order valence-corrected chi connectivity index (χ1v) is 7.09. The largest absolute Gasteiger partial charge is 0.379 e. The number of halogens is 1. The van der Waals surface area contributed by atoms with Gasteiger partial charge in [0.15, 0.2) is 0 Å². The minimum Gasteiger partial charge on any atom is -0.379 e. The molecule has 9 nitrogen and oxygen atoms in total. The molecule has 2 rings (SSSR count). The van der Waals surface area contributed by atoms with E-state index in [2.05, 4.69) is 10.6 Å². The first-order chi connectivity index (χ1) is 11.9. The van der Waals surface area contributed by atoms with E-state index in [1.807, 2.05) is 0 Å². The number of non-ortho nitro benzene ring substituents is 1. The van der Waals surface area contributed by atoms with Gasteiger partial charge in [-0.2, -0.15) is 0 Å². The molecule has 0 spiro atoms. The lowest BCUT2D eigenvalue weighted by atomic mass is 10.2. The summed E-state index contributed by atoms with van der Waals surface area (Å²) in [5.74, 6) is -1.39. The van der Waals surface area contributed by atoms with Crippen LogP contribution < -0.4 is 10.6 Å². The summed E-state index contributed by atoms with van der Waals surface area (Å²) in [6.07, 6.45) is -0.117. The number of benzene rings is 2. The fourth-order valence-electron chi connectivity index (χ4n) is 2.03. The number of nitrogens with one attached hydrogen (secondary N) is 2. The number of carbonyl (C=O) groups is 1. The van der Waals surface area contributed by atoms with Crippen LogP contribution in [0.25, 0.3) is 0 Å². The molecule has 0 bridgehead atoms. The van der Waals surface area contributed by atoms with Crippen LogP contribution in [-0.2, 0) is 4.79 Å². The molecule has 0 fully saturated rings. The molecule has 0 aliphatic rings. The van der Waals surface area contributed by atoms with Gasteiger partial charge in [0.25, 0.3) is 11.4 Å². The minimum atomic E-state index is -0.800. The van der Waals surface area contributed by atoms with E-state index in [4.69, 9.17) is 0 Å². The van der Waals surface area contributed by atoms with E-state index in [-0.39, 0.29) is 35.7 Å². The van der Waals surface area contributed by atoms with Gasteiger partial charge in [-0.15, -0.1) is 0 Å². The topological polar surface area (TPSA) is 127 Å². The first-order valence-electron chi connectivity index (χ1n) is 7.09. The van der Waals surface area contributed by atoms with Gasteiger partial charge in [-0.1, -0.05) is 12.1 Å². The van der Waals surface area contributed by atoms with Crippen molar-refractivity contribution >= 4 is 28.7 Å². The quantitative estimate of drug-likeness (QED) is 0.584. The lowest BCUT2D eigenvalue weighted by molar-refractivity contribution is -0.384. The van der Waals surface area contributed by atoms with Crippen molar-refractivity contribution in [2.24, 2.45) is 0 Å². The normalized spacial score (nSPS) is 10.1. The van der Waals surface area contributed by atoms with E-state index in [0.29, 0.717) is 0 Å². The van der Waals surface area contributed by atoms with Crippen LogP contribution >= 0.6 is 0 Å². The van der Waals surface area contributed by atoms with Crippen LogP contribution in [0.15, 0.2) is 42.5 Å². The Labute approximate surface area is 140 Å². The van der Waals surface area contributed by atoms with Gasteiger partial charge in [-0.05, 0) is 12.1 Å². The van der Waals surface area contributed by atoms with E-state index in [0.717, 1.165) is 18.2 Å². The summed E-state index contributed by atoms with van der Waals surface area (Å²) in [6.45, 7) is 0.0627. The summed E-state index contributed by atoms with van der Waals surface area (Å²) >= 11 is 0. The Bertz CT molecular complexity index is 827. The third kappa shape index (κ3) is 4.70. The number of nitrogens with zero attached hydrogens (tertiary/aromatic N) is 2. The molecular formula is C15H13FN4O5. The predicted molar refractivity (Wildman–Crippen MR) is 87.9 cm³/mol. The van der Waals surface area contributed by atoms with Crippen LogP contribution in [-0.4, -0.2) is 22.3 Å². The Morgan fingerprint density at radius 3 is 2.44 bits per heavy atom. The zero-order valence-corrected chi connectivity index (χ0v) is 12.8. The van der Waals surface area contributed by atoms with Gasteiger partial charge in [0.1, 0.15) is 11.5 Å². The van der Waals surface area contributed by atoms with Crippen molar-refractivity contribution in [3.05, 3.63) is 68.5 Å². The van der Waals surface area contributed by atoms with E-state index >= 15 is 0 Å². The fraction of sp³-hybridized carbons (Fsp3) is 0.133. The highest BCUT2D eigenvalue weighted by atomic mass is 19.1. The molecule has 0 saturated carbocycles. The Morgan fingerprint density at radius 2 is 1.76 bits per heavy atom. The van der Waals surface area contributed by atoms with Crippen LogP contribution in [0.4, 0.5) is 27.1 Å². The molecule has 10 heteroatoms. The second kappa shape index (κ2) is 7.81. The molecule has 2 aromatic carbocycles. The molecule has 2 N–H and O–H groups in total. The summed E-state index contributed by atoms with van der Waals surface area (Å²) in [5, 5.41) is 26.5. The molecule has 0 saturated heterocycles. The molecule has 0 aromatic heterocycles. The molecular weight excluding hydrogens is 335 g/mol. The maximum absolute atomic E-state index is 13.6. The lowest BCUT2D eigenvalue weighted by Crippen LogP contribution is -2.17. The Morgan fingerprint density at radius 1 is 1.04 bits per heavy atom. The number of carbonyl (C=O) groups excluding carboxylic acids is 1. The number of anilines is 2. The Balaban J connectivity index is 1.95. The van der Waals surface area contributed by atoms with Crippen molar-refractivity contribution in [2.75, 3.05) is 17.2 Å². The predicted octanol–water partition coefficient (Wildman–Crippen LogP) is 3.08. The van der Waals surface area contributed by atoms with Gasteiger partial charge < -0.3 is 10.6 Å². The number of nitro groups is 2. The number of nitro benzene ring substituents is 2. The first kappa shape index (κ1) is 17.8. The molecule has 0 radical (unpaired) electrons. The molecule has 1 amide bonds. The third-order valence-electron chi connectivity index (χ3n) is 3.20. The van der Waals surface area contributed by atoms with Crippen molar-refractivity contribution in [1.82, 2.24) is 0 Å². The monoisotopic (exact) mass is 348 g/mol. The summed E-state index contributed by atoms with van der Waals surface area (Å²) in [4.78, 5) is 32.1. The smallest absolute Gasteiger partial charge is 0.292 e. The zero-order valence-electron chi connectivity index (χ0n) is 12.8. The Hall–Kier alpha value is -3.56. The maximum atomic E-state index is 13.6. The van der Waals surface area contributed by atoms with Crippen LogP contribution in [0.2, 0.25) is 0 Å². The molecule has 0 atom stereocenters. The van der Waals surface area contributed by atoms with Crippen LogP contribution in [0.1, 0.15) is 6.42 Å². The second-order valence-electron chi connectivity index (χ2n) is 4.92. The number of hydrogen-bond donors (Lipinski definition) is 2. The van der Waals surface area contributed by atoms with E-state index in [9.17, 15) is 29.4 Å². The van der Waals surface area contributed by atoms with Crippen molar-refractivity contribution in [2.45, 2.75) is 6.42 Å². The highest BCUT2D eigenvalue weighted by Crippen LogP contribution is 2.23. The highest BCUT2D eigenvalue weighted by Gasteiger charge is 2.14. The summed E-state index contributed by atoms with van der Waals surface area (Å²) in [6, 6.07) is 8.73. The molecule has 0 aliphatic heterocycles. The van der Waals surface area contributed by atoms with Gasteiger partial charge in [0.2, 0.25) is 5.91 Å². The van der Waals surface area contributed by atoms with Gasteiger partial charge in [-0.3, -0.25) is 25.0 Å². The fourth-order valence-corrected chi connectivity index (χ4v) is 2.03. The van der Waals surface area contributed by atoms with Crippen LogP contribution in [0, 0.1) is 26.0 Å². The van der Waals surface area contributed by atoms with Gasteiger partial charge in [0, 0.05) is 31.2 Å². The average Bonchev–Trinajstić information content (AvgIpc) is 2.57. The van der Waals surface area contributed by atoms with Crippen molar-refractivity contribution in [3.8, 4) is 0 Å². The summed E-state index contributed by atoms with van der Waals surface area (Å²) in [7, 11) is 0. The van der Waals surface area contributed by atoms with Gasteiger partial charge in [-0.25, -0.2) is 4.39 Å². The third-order valence-corrected chi connectivity index (χ3v) is 3.20. The molecule has 0 heterocycles. The van der Waals surface area contributed by atoms with Crippen molar-refractivity contribution < 1.29 is 19.0 Å². The molecule has 0 unspecified atom stereocenters. The second-order valence-corrected chi connectivity index (χ2v) is 4.92. The standard InChI is InChI=1S/C15H13FN4O5/c16-11-6-5-10(19(22)23)9-13(11)18-15(21)7-8-17-12-3-1-2-4-14(12)20(24)25/h1-6,9,17H,7-8H2,(H,18,21). The highest BCUT2D eigenvalue weighted by molar-refractivity contribution is 5.91. The number of para-hydroxylation sites is 2. The van der Waals surface area contributed by atoms with Crippen molar-refractivity contribution in [1.29, 1.82) is 0 Å². The summed E-state index contributed by atoms with van der Waals surface area (Å²) in [5.41, 5.74) is -0.533. The maximum Gasteiger partial charge on any atom is 0.292 e. The minimum absolute atomic E-state index is 0.0627. The molecule has 0 aliphatic carbocycles. The molecule has 2 aromatic rings. The number of amides is 1. The Kier molecular flexibility index (Phi) is 5.56. The number of hydrogen-bond acceptors (Lipinski definition) is 6. The van der Waals surface area contributed by atoms with Crippen LogP contribution in [0.3, 0.4) is 0 Å². The van der Waals surface area contributed by atoms with Gasteiger partial charge >= 0.3 is 0 Å². The van der Waals surface area contributed by atoms with E-state index in [1.165, 1.54) is 18.2 Å². The van der Waals surface area contributed by atoms with E-state index < -0.39 is 21.6 Å². The summed E-state index contributed by atoms with van der Waals surface area (Å²) < 4.78 is 13.6. The lowest BCUT2D eigenvalue weighted by Gasteiger charge is -2.08. The van der Waals surface area contributed by atoms with Crippen molar-refractivity contribution in [3.63, 3.8) is 0 Å². The average molecular weight is 348 g/mol.